The molecule has 16 heavy (non-hydrogen) atoms. The number of aliphatic hydroxyl groups excluding tert-OH is 1. The van der Waals surface area contributed by atoms with Gasteiger partial charge in [-0.05, 0) is 24.1 Å². The van der Waals surface area contributed by atoms with Crippen LogP contribution in [0.3, 0.4) is 0 Å². The Morgan fingerprint density at radius 2 is 2.19 bits per heavy atom. The third kappa shape index (κ3) is 3.79. The largest absolute Gasteiger partial charge is 0.495 e. The summed E-state index contributed by atoms with van der Waals surface area (Å²) in [5.41, 5.74) is 5.90. The van der Waals surface area contributed by atoms with Gasteiger partial charge in [-0.25, -0.2) is 4.39 Å². The molecule has 0 saturated heterocycles. The number of methoxy groups -OCH3 is 1. The Hall–Kier alpha value is -0.550. The quantitative estimate of drug-likeness (QED) is 0.876. The van der Waals surface area contributed by atoms with Crippen LogP contribution in [0.4, 0.5) is 4.39 Å². The lowest BCUT2D eigenvalue weighted by Gasteiger charge is -2.11. The second kappa shape index (κ2) is 6.91. The van der Waals surface area contributed by atoms with E-state index in [9.17, 15) is 4.39 Å². The highest BCUT2D eigenvalue weighted by Gasteiger charge is 2.11. The molecule has 0 aromatic heterocycles. The average Bonchev–Trinajstić information content (AvgIpc) is 2.21. The van der Waals surface area contributed by atoms with Gasteiger partial charge in [0, 0.05) is 6.04 Å². The van der Waals surface area contributed by atoms with E-state index in [4.69, 9.17) is 27.2 Å². The van der Waals surface area contributed by atoms with Crippen LogP contribution in [0.5, 0.6) is 5.75 Å². The van der Waals surface area contributed by atoms with E-state index in [-0.39, 0.29) is 30.5 Å². The van der Waals surface area contributed by atoms with Crippen LogP contribution >= 0.6 is 24.0 Å². The summed E-state index contributed by atoms with van der Waals surface area (Å²) in [6.07, 6.45) is 0.246. The normalized spacial score (nSPS) is 11.8. The lowest BCUT2D eigenvalue weighted by Crippen LogP contribution is -2.27. The molecule has 3 nitrogen and oxygen atoms in total. The summed E-state index contributed by atoms with van der Waals surface area (Å²) >= 11 is 5.73. The number of hydrogen-bond acceptors (Lipinski definition) is 3. The summed E-state index contributed by atoms with van der Waals surface area (Å²) < 4.78 is 18.3. The number of benzene rings is 1. The SMILES string of the molecule is COc1cc(CC(N)CO)c(F)cc1Cl.Cl. The Bertz CT molecular complexity index is 350. The minimum absolute atomic E-state index is 0. The summed E-state index contributed by atoms with van der Waals surface area (Å²) in [6, 6.07) is 2.19. The number of rotatable bonds is 4. The van der Waals surface area contributed by atoms with E-state index in [0.717, 1.165) is 0 Å². The molecular formula is C10H14Cl2FNO2. The summed E-state index contributed by atoms with van der Waals surface area (Å²) in [6.45, 7) is -0.190. The summed E-state index contributed by atoms with van der Waals surface area (Å²) in [4.78, 5) is 0. The molecule has 0 fully saturated rings. The lowest BCUT2D eigenvalue weighted by molar-refractivity contribution is 0.264. The maximum absolute atomic E-state index is 13.4. The molecule has 0 radical (unpaired) electrons. The number of halogens is 3. The Kier molecular flexibility index (Phi) is 6.67. The molecule has 1 aromatic carbocycles. The lowest BCUT2D eigenvalue weighted by atomic mass is 10.1. The van der Waals surface area contributed by atoms with E-state index >= 15 is 0 Å². The van der Waals surface area contributed by atoms with Crippen molar-refractivity contribution in [2.45, 2.75) is 12.5 Å². The standard InChI is InChI=1S/C10H13ClFNO2.ClH/c1-15-10-3-6(2-7(13)5-14)9(12)4-8(10)11;/h3-4,7,14H,2,5,13H2,1H3;1H. The Morgan fingerprint density at radius 1 is 1.56 bits per heavy atom. The monoisotopic (exact) mass is 269 g/mol. The first-order chi connectivity index (χ1) is 7.08. The number of aliphatic hydroxyl groups is 1. The zero-order chi connectivity index (χ0) is 11.4. The molecule has 0 saturated carbocycles. The van der Waals surface area contributed by atoms with Crippen molar-refractivity contribution >= 4 is 24.0 Å². The van der Waals surface area contributed by atoms with E-state index in [1.807, 2.05) is 0 Å². The molecule has 0 heterocycles. The van der Waals surface area contributed by atoms with E-state index < -0.39 is 11.9 Å². The van der Waals surface area contributed by atoms with Gasteiger partial charge in [-0.15, -0.1) is 12.4 Å². The highest BCUT2D eigenvalue weighted by Crippen LogP contribution is 2.27. The summed E-state index contributed by atoms with van der Waals surface area (Å²) in [7, 11) is 1.45. The predicted octanol–water partition coefficient (Wildman–Crippen LogP) is 1.77. The summed E-state index contributed by atoms with van der Waals surface area (Å²) in [5.74, 6) is -0.0390. The van der Waals surface area contributed by atoms with Crippen LogP contribution < -0.4 is 10.5 Å². The van der Waals surface area contributed by atoms with Crippen molar-refractivity contribution in [2.75, 3.05) is 13.7 Å². The second-order valence-electron chi connectivity index (χ2n) is 3.22. The third-order valence-electron chi connectivity index (χ3n) is 2.04. The van der Waals surface area contributed by atoms with E-state index in [1.165, 1.54) is 19.2 Å². The Labute approximate surface area is 105 Å². The molecule has 0 aliphatic carbocycles. The Balaban J connectivity index is 0.00000225. The van der Waals surface area contributed by atoms with Crippen LogP contribution in [0.1, 0.15) is 5.56 Å². The van der Waals surface area contributed by atoms with Gasteiger partial charge in [-0.1, -0.05) is 11.6 Å². The van der Waals surface area contributed by atoms with Crippen LogP contribution in [-0.4, -0.2) is 24.9 Å². The first-order valence-electron chi connectivity index (χ1n) is 4.46. The van der Waals surface area contributed by atoms with Crippen LogP contribution in [-0.2, 0) is 6.42 Å². The highest BCUT2D eigenvalue weighted by molar-refractivity contribution is 6.32. The number of nitrogens with two attached hydrogens (primary N) is 1. The molecule has 1 atom stereocenters. The minimum atomic E-state index is -0.481. The summed E-state index contributed by atoms with van der Waals surface area (Å²) in [5, 5.41) is 8.98. The number of ether oxygens (including phenoxy) is 1. The van der Waals surface area contributed by atoms with E-state index in [1.54, 1.807) is 0 Å². The van der Waals surface area contributed by atoms with Gasteiger partial charge in [-0.3, -0.25) is 0 Å². The first-order valence-corrected chi connectivity index (χ1v) is 4.84. The molecule has 1 aromatic rings. The van der Waals surface area contributed by atoms with Crippen LogP contribution in [0.15, 0.2) is 12.1 Å². The fourth-order valence-electron chi connectivity index (χ4n) is 1.23. The molecule has 6 heteroatoms. The highest BCUT2D eigenvalue weighted by atomic mass is 35.5. The zero-order valence-corrected chi connectivity index (χ0v) is 10.3. The Morgan fingerprint density at radius 3 is 2.69 bits per heavy atom. The molecular weight excluding hydrogens is 256 g/mol. The maximum Gasteiger partial charge on any atom is 0.137 e. The van der Waals surface area contributed by atoms with Crippen molar-refractivity contribution in [3.8, 4) is 5.75 Å². The molecule has 1 rings (SSSR count). The average molecular weight is 270 g/mol. The zero-order valence-electron chi connectivity index (χ0n) is 8.74. The van der Waals surface area contributed by atoms with Crippen molar-refractivity contribution in [3.63, 3.8) is 0 Å². The predicted molar refractivity (Wildman–Crippen MR) is 64.0 cm³/mol. The molecule has 0 aliphatic heterocycles. The van der Waals surface area contributed by atoms with Gasteiger partial charge in [0.2, 0.25) is 0 Å². The third-order valence-corrected chi connectivity index (χ3v) is 2.33. The molecule has 0 spiro atoms. The molecule has 3 N–H and O–H groups in total. The molecule has 92 valence electrons. The van der Waals surface area contributed by atoms with E-state index in [0.29, 0.717) is 11.3 Å². The van der Waals surface area contributed by atoms with E-state index in [2.05, 4.69) is 0 Å². The van der Waals surface area contributed by atoms with Crippen molar-refractivity contribution in [2.24, 2.45) is 5.73 Å². The van der Waals surface area contributed by atoms with Gasteiger partial charge >= 0.3 is 0 Å². The van der Waals surface area contributed by atoms with Crippen LogP contribution in [0.2, 0.25) is 5.02 Å². The van der Waals surface area contributed by atoms with Gasteiger partial charge in [0.05, 0.1) is 18.7 Å². The smallest absolute Gasteiger partial charge is 0.137 e. The van der Waals surface area contributed by atoms with Gasteiger partial charge in [0.1, 0.15) is 11.6 Å². The maximum atomic E-state index is 13.4. The van der Waals surface area contributed by atoms with Crippen molar-refractivity contribution in [1.82, 2.24) is 0 Å². The van der Waals surface area contributed by atoms with Crippen LogP contribution in [0.25, 0.3) is 0 Å². The van der Waals surface area contributed by atoms with Crippen LogP contribution in [0, 0.1) is 5.82 Å². The molecule has 0 bridgehead atoms. The second-order valence-corrected chi connectivity index (χ2v) is 3.63. The molecule has 0 amide bonds. The fraction of sp³-hybridized carbons (Fsp3) is 0.400. The van der Waals surface area contributed by atoms with Gasteiger partial charge in [-0.2, -0.15) is 0 Å². The number of hydrogen-bond donors (Lipinski definition) is 2. The van der Waals surface area contributed by atoms with Crippen molar-refractivity contribution < 1.29 is 14.2 Å². The first kappa shape index (κ1) is 15.4. The molecule has 1 unspecified atom stereocenters. The van der Waals surface area contributed by atoms with Gasteiger partial charge in [0.25, 0.3) is 0 Å². The topological polar surface area (TPSA) is 55.5 Å². The fourth-order valence-corrected chi connectivity index (χ4v) is 1.46. The van der Waals surface area contributed by atoms with Crippen molar-refractivity contribution in [3.05, 3.63) is 28.5 Å². The minimum Gasteiger partial charge on any atom is -0.495 e. The van der Waals surface area contributed by atoms with Crippen molar-refractivity contribution in [1.29, 1.82) is 0 Å². The van der Waals surface area contributed by atoms with Gasteiger partial charge < -0.3 is 15.6 Å². The molecule has 0 aliphatic rings. The van der Waals surface area contributed by atoms with Gasteiger partial charge in [0.15, 0.2) is 0 Å².